The number of aromatic nitrogens is 6. The molecule has 6 nitrogen and oxygen atoms in total. The van der Waals surface area contributed by atoms with Gasteiger partial charge < -0.3 is 4.57 Å². The Morgan fingerprint density at radius 2 is 0.653 bits per heavy atom. The van der Waals surface area contributed by atoms with Crippen LogP contribution in [-0.4, -0.2) is 29.5 Å². The van der Waals surface area contributed by atoms with Gasteiger partial charge in [0, 0.05) is 61.7 Å². The number of nitrogens with zero attached hydrogens (tertiary/aromatic N) is 6. The van der Waals surface area contributed by atoms with Crippen molar-refractivity contribution in [1.82, 2.24) is 29.5 Å². The molecular formula is C69H44N6. The Hall–Kier alpha value is -9.91. The number of hydrogen-bond acceptors (Lipinski definition) is 5. The maximum absolute atomic E-state index is 5.34. The minimum absolute atomic E-state index is 0.0342. The van der Waals surface area contributed by atoms with Gasteiger partial charge in [-0.15, -0.1) is 0 Å². The summed E-state index contributed by atoms with van der Waals surface area (Å²) in [4.78, 5) is 25.8. The van der Waals surface area contributed by atoms with Crippen LogP contribution in [0.4, 0.5) is 0 Å². The van der Waals surface area contributed by atoms with E-state index in [9.17, 15) is 0 Å². The first kappa shape index (κ1) is 42.7. The highest BCUT2D eigenvalue weighted by Gasteiger charge is 2.41. The van der Waals surface area contributed by atoms with Crippen LogP contribution < -0.4 is 0 Å². The van der Waals surface area contributed by atoms with E-state index in [-0.39, 0.29) is 11.8 Å². The van der Waals surface area contributed by atoms with Crippen LogP contribution in [0.2, 0.25) is 0 Å². The predicted molar refractivity (Wildman–Crippen MR) is 303 cm³/mol. The lowest BCUT2D eigenvalue weighted by Crippen LogP contribution is -2.27. The summed E-state index contributed by atoms with van der Waals surface area (Å²) in [5.74, 6) is 2.72. The molecule has 3 aliphatic rings. The molecule has 0 spiro atoms. The van der Waals surface area contributed by atoms with Crippen molar-refractivity contribution in [3.63, 3.8) is 0 Å². The van der Waals surface area contributed by atoms with Crippen LogP contribution in [0.1, 0.15) is 45.2 Å². The lowest BCUT2D eigenvalue weighted by Gasteiger charge is -2.42. The van der Waals surface area contributed by atoms with Gasteiger partial charge in [-0.3, -0.25) is 0 Å². The van der Waals surface area contributed by atoms with E-state index in [1.54, 1.807) is 0 Å². The normalized spacial score (nSPS) is 14.1. The smallest absolute Gasteiger partial charge is 0.164 e. The fraction of sp³-hybridized carbons (Fsp3) is 0.0290. The molecular weight excluding hydrogens is 913 g/mol. The number of rotatable bonds is 8. The molecule has 6 heteroatoms. The van der Waals surface area contributed by atoms with E-state index in [0.29, 0.717) is 23.3 Å². The zero-order chi connectivity index (χ0) is 49.4. The Morgan fingerprint density at radius 3 is 1.27 bits per heavy atom. The second-order valence-corrected chi connectivity index (χ2v) is 19.5. The minimum atomic E-state index is 0.0342. The molecule has 3 aliphatic carbocycles. The number of para-hydroxylation sites is 2. The lowest BCUT2D eigenvalue weighted by molar-refractivity contribution is 0.754. The van der Waals surface area contributed by atoms with Gasteiger partial charge in [0.15, 0.2) is 23.3 Å². The second kappa shape index (κ2) is 17.4. The average molecular weight is 957 g/mol. The monoisotopic (exact) mass is 956 g/mol. The third-order valence-corrected chi connectivity index (χ3v) is 15.2. The summed E-state index contributed by atoms with van der Waals surface area (Å²) in [6.45, 7) is 0. The van der Waals surface area contributed by atoms with Crippen molar-refractivity contribution in [3.8, 4) is 84.9 Å². The van der Waals surface area contributed by atoms with E-state index in [1.807, 2.05) is 42.5 Å². The van der Waals surface area contributed by atoms with Crippen molar-refractivity contribution in [2.45, 2.75) is 11.8 Å². The van der Waals surface area contributed by atoms with E-state index in [0.717, 1.165) is 61.6 Å². The van der Waals surface area contributed by atoms with Crippen LogP contribution in [0.25, 0.3) is 107 Å². The van der Waals surface area contributed by atoms with E-state index < -0.39 is 0 Å². The highest BCUT2D eigenvalue weighted by atomic mass is 15.0. The Kier molecular flexibility index (Phi) is 9.91. The SMILES string of the molecule is c1ccc(-c2nc(-c3cccc(-c4ccc5c(c4)c4ccccc4n5-c4ccccc4)c3)cc(-c3ccc4c(c3)C3c5ccccc5C4c4cc(-c5nc(-c6ccccc6)nc(-c6ccccc6)n5)ccc43)n2)cc1. The summed E-state index contributed by atoms with van der Waals surface area (Å²) in [6.07, 6.45) is 0. The lowest BCUT2D eigenvalue weighted by atomic mass is 9.60. The zero-order valence-electron chi connectivity index (χ0n) is 40.6. The highest BCUT2D eigenvalue weighted by molar-refractivity contribution is 6.10. The van der Waals surface area contributed by atoms with Crippen LogP contribution >= 0.6 is 0 Å². The van der Waals surface area contributed by atoms with Crippen molar-refractivity contribution >= 4 is 21.8 Å². The topological polar surface area (TPSA) is 69.4 Å². The Balaban J connectivity index is 0.828. The molecule has 16 rings (SSSR count). The molecule has 2 unspecified atom stereocenters. The second-order valence-electron chi connectivity index (χ2n) is 19.5. The van der Waals surface area contributed by atoms with Crippen LogP contribution in [0.5, 0.6) is 0 Å². The van der Waals surface area contributed by atoms with Crippen LogP contribution in [0, 0.1) is 0 Å². The summed E-state index contributed by atoms with van der Waals surface area (Å²) < 4.78 is 2.36. The Labute approximate surface area is 434 Å². The van der Waals surface area contributed by atoms with E-state index in [2.05, 4.69) is 217 Å². The Morgan fingerprint density at radius 1 is 0.240 bits per heavy atom. The van der Waals surface area contributed by atoms with Crippen LogP contribution in [-0.2, 0) is 0 Å². The molecule has 0 fully saturated rings. The number of hydrogen-bond donors (Lipinski definition) is 0. The van der Waals surface area contributed by atoms with Crippen molar-refractivity contribution in [1.29, 1.82) is 0 Å². The van der Waals surface area contributed by atoms with E-state index in [4.69, 9.17) is 24.9 Å². The average Bonchev–Trinajstić information content (AvgIpc) is 3.89. The maximum Gasteiger partial charge on any atom is 0.164 e. The molecule has 3 heterocycles. The first-order chi connectivity index (χ1) is 37.2. The summed E-state index contributed by atoms with van der Waals surface area (Å²) in [7, 11) is 0. The third kappa shape index (κ3) is 7.21. The molecule has 350 valence electrons. The Bertz CT molecular complexity index is 4300. The standard InChI is InChI=1S/C69H44N6/c1-5-18-43(19-6-1)66-70-60(48-25-17-24-46(38-48)47-34-37-63-57(39-47)52-28-15-16-31-62(52)75(63)51-26-11-4-12-27-51)42-61(71-66)49-32-35-55-58(40-49)64-53-29-13-14-30-54(53)65(55)59-41-50(33-36-56(59)64)69-73-67(44-20-7-2-8-21-44)72-68(74-69)45-22-9-3-10-23-45/h1-42,64-65H. The first-order valence-electron chi connectivity index (χ1n) is 25.5. The van der Waals surface area contributed by atoms with Crippen molar-refractivity contribution in [3.05, 3.63) is 288 Å². The van der Waals surface area contributed by atoms with Crippen LogP contribution in [0.3, 0.4) is 0 Å². The molecule has 0 saturated carbocycles. The largest absolute Gasteiger partial charge is 0.309 e. The van der Waals surface area contributed by atoms with Crippen molar-refractivity contribution in [2.24, 2.45) is 0 Å². The predicted octanol–water partition coefficient (Wildman–Crippen LogP) is 16.4. The van der Waals surface area contributed by atoms with Gasteiger partial charge >= 0.3 is 0 Å². The van der Waals surface area contributed by atoms with Gasteiger partial charge in [-0.05, 0) is 99.1 Å². The van der Waals surface area contributed by atoms with Gasteiger partial charge in [0.2, 0.25) is 0 Å². The van der Waals surface area contributed by atoms with Crippen LogP contribution in [0.15, 0.2) is 255 Å². The molecule has 0 saturated heterocycles. The summed E-state index contributed by atoms with van der Waals surface area (Å²) in [6, 6.07) is 90.6. The maximum atomic E-state index is 5.34. The van der Waals surface area contributed by atoms with Gasteiger partial charge in [0.05, 0.1) is 22.4 Å². The molecule has 3 aromatic heterocycles. The molecule has 0 aliphatic heterocycles. The summed E-state index contributed by atoms with van der Waals surface area (Å²) in [5.41, 5.74) is 21.4. The summed E-state index contributed by atoms with van der Waals surface area (Å²) >= 11 is 0. The first-order valence-corrected chi connectivity index (χ1v) is 25.5. The minimum Gasteiger partial charge on any atom is -0.309 e. The highest BCUT2D eigenvalue weighted by Crippen LogP contribution is 2.57. The molecule has 0 radical (unpaired) electrons. The van der Waals surface area contributed by atoms with Gasteiger partial charge in [-0.2, -0.15) is 0 Å². The molecule has 13 aromatic rings. The molecule has 2 bridgehead atoms. The van der Waals surface area contributed by atoms with Crippen molar-refractivity contribution < 1.29 is 0 Å². The van der Waals surface area contributed by atoms with E-state index >= 15 is 0 Å². The molecule has 75 heavy (non-hydrogen) atoms. The molecule has 0 N–H and O–H groups in total. The van der Waals surface area contributed by atoms with Crippen molar-refractivity contribution in [2.75, 3.05) is 0 Å². The number of fused-ring (bicyclic) bond motifs is 3. The molecule has 10 aromatic carbocycles. The van der Waals surface area contributed by atoms with Gasteiger partial charge in [-0.1, -0.05) is 200 Å². The fourth-order valence-corrected chi connectivity index (χ4v) is 11.8. The van der Waals surface area contributed by atoms with Gasteiger partial charge in [0.1, 0.15) is 0 Å². The van der Waals surface area contributed by atoms with Gasteiger partial charge in [-0.25, -0.2) is 24.9 Å². The fourth-order valence-electron chi connectivity index (χ4n) is 11.8. The van der Waals surface area contributed by atoms with Gasteiger partial charge in [0.25, 0.3) is 0 Å². The molecule has 0 amide bonds. The molecule has 2 atom stereocenters. The third-order valence-electron chi connectivity index (χ3n) is 15.2. The zero-order valence-corrected chi connectivity index (χ0v) is 40.6. The van der Waals surface area contributed by atoms with E-state index in [1.165, 1.54) is 55.2 Å². The quantitative estimate of drug-likeness (QED) is 0.152. The summed E-state index contributed by atoms with van der Waals surface area (Å²) in [5, 5.41) is 2.45. The number of benzene rings is 10.